The van der Waals surface area contributed by atoms with E-state index in [-0.39, 0.29) is 5.69 Å². The average Bonchev–Trinajstić information content (AvgIpc) is 2.62. The number of nitrogens with zero attached hydrogens (tertiary/aromatic N) is 2. The molecule has 2 amide bonds. The van der Waals surface area contributed by atoms with Crippen LogP contribution >= 0.6 is 0 Å². The lowest BCUT2D eigenvalue weighted by atomic mass is 10.1. The maximum Gasteiger partial charge on any atom is 0.329 e. The van der Waals surface area contributed by atoms with Crippen LogP contribution in [0.25, 0.3) is 0 Å². The molecule has 0 unspecified atom stereocenters. The van der Waals surface area contributed by atoms with Crippen molar-refractivity contribution in [1.82, 2.24) is 5.43 Å². The van der Waals surface area contributed by atoms with Gasteiger partial charge in [0.25, 0.3) is 5.69 Å². The van der Waals surface area contributed by atoms with Crippen molar-refractivity contribution < 1.29 is 14.5 Å². The van der Waals surface area contributed by atoms with Gasteiger partial charge in [0.2, 0.25) is 0 Å². The third-order valence-electron chi connectivity index (χ3n) is 3.77. The molecular weight excluding hydrogens is 336 g/mol. The predicted octanol–water partition coefficient (Wildman–Crippen LogP) is 2.69. The van der Waals surface area contributed by atoms with Crippen LogP contribution in [-0.2, 0) is 9.59 Å². The average molecular weight is 354 g/mol. The maximum absolute atomic E-state index is 11.9. The molecule has 0 aliphatic carbocycles. The predicted molar refractivity (Wildman–Crippen MR) is 98.0 cm³/mol. The highest BCUT2D eigenvalue weighted by Gasteiger charge is 2.14. The zero-order chi connectivity index (χ0) is 19.3. The second-order valence-electron chi connectivity index (χ2n) is 5.70. The van der Waals surface area contributed by atoms with Crippen molar-refractivity contribution in [3.63, 3.8) is 0 Å². The lowest BCUT2D eigenvalue weighted by Gasteiger charge is -2.07. The number of hydrogen-bond acceptors (Lipinski definition) is 5. The summed E-state index contributed by atoms with van der Waals surface area (Å²) in [5.74, 6) is -1.79. The SMILES string of the molecule is CC(=NNC(=O)C(=O)Nc1ccc(C)c(C)c1)c1cccc([N+](=O)[O-])c1. The number of anilines is 1. The Kier molecular flexibility index (Phi) is 5.79. The number of non-ortho nitro benzene ring substituents is 1. The number of aryl methyl sites for hydroxylation is 2. The molecule has 8 nitrogen and oxygen atoms in total. The van der Waals surface area contributed by atoms with E-state index in [2.05, 4.69) is 15.8 Å². The van der Waals surface area contributed by atoms with E-state index < -0.39 is 16.7 Å². The number of carbonyl (C=O) groups is 2. The quantitative estimate of drug-likeness (QED) is 0.380. The van der Waals surface area contributed by atoms with E-state index in [1.54, 1.807) is 25.1 Å². The van der Waals surface area contributed by atoms with Crippen LogP contribution in [0.2, 0.25) is 0 Å². The molecule has 2 aromatic rings. The summed E-state index contributed by atoms with van der Waals surface area (Å²) in [6.45, 7) is 5.41. The Balaban J connectivity index is 2.03. The molecular formula is C18H18N4O4. The number of nitro groups is 1. The summed E-state index contributed by atoms with van der Waals surface area (Å²) in [6.07, 6.45) is 0. The summed E-state index contributed by atoms with van der Waals surface area (Å²) in [5.41, 5.74) is 5.43. The van der Waals surface area contributed by atoms with E-state index in [0.29, 0.717) is 17.0 Å². The Hall–Kier alpha value is -3.55. The first-order valence-electron chi connectivity index (χ1n) is 7.75. The van der Waals surface area contributed by atoms with Crippen molar-refractivity contribution in [2.75, 3.05) is 5.32 Å². The molecule has 134 valence electrons. The fraction of sp³-hybridized carbons (Fsp3) is 0.167. The molecule has 0 saturated carbocycles. The van der Waals surface area contributed by atoms with Crippen LogP contribution in [0, 0.1) is 24.0 Å². The zero-order valence-corrected chi connectivity index (χ0v) is 14.6. The fourth-order valence-corrected chi connectivity index (χ4v) is 2.10. The van der Waals surface area contributed by atoms with Gasteiger partial charge in [-0.2, -0.15) is 5.10 Å². The number of benzene rings is 2. The van der Waals surface area contributed by atoms with Gasteiger partial charge in [0, 0.05) is 23.4 Å². The largest absolute Gasteiger partial charge is 0.329 e. The molecule has 0 atom stereocenters. The summed E-state index contributed by atoms with van der Waals surface area (Å²) in [4.78, 5) is 34.1. The molecule has 26 heavy (non-hydrogen) atoms. The smallest absolute Gasteiger partial charge is 0.318 e. The summed E-state index contributed by atoms with van der Waals surface area (Å²) in [6, 6.07) is 11.1. The van der Waals surface area contributed by atoms with E-state index in [0.717, 1.165) is 11.1 Å². The van der Waals surface area contributed by atoms with Gasteiger partial charge >= 0.3 is 11.8 Å². The number of hydrazone groups is 1. The second kappa shape index (κ2) is 8.02. The number of hydrogen-bond donors (Lipinski definition) is 2. The van der Waals surface area contributed by atoms with Gasteiger partial charge in [0.05, 0.1) is 10.6 Å². The molecule has 0 spiro atoms. The minimum atomic E-state index is -0.937. The van der Waals surface area contributed by atoms with Gasteiger partial charge < -0.3 is 5.32 Å². The van der Waals surface area contributed by atoms with E-state index in [1.807, 2.05) is 19.9 Å². The van der Waals surface area contributed by atoms with Gasteiger partial charge in [-0.3, -0.25) is 19.7 Å². The van der Waals surface area contributed by atoms with Crippen LogP contribution < -0.4 is 10.7 Å². The number of carbonyl (C=O) groups excluding carboxylic acids is 2. The van der Waals surface area contributed by atoms with Crippen molar-refractivity contribution in [2.45, 2.75) is 20.8 Å². The first kappa shape index (κ1) is 18.8. The third kappa shape index (κ3) is 4.73. The minimum Gasteiger partial charge on any atom is -0.318 e. The molecule has 2 rings (SSSR count). The molecule has 0 saturated heterocycles. The lowest BCUT2D eigenvalue weighted by molar-refractivity contribution is -0.384. The van der Waals surface area contributed by atoms with Crippen molar-refractivity contribution in [1.29, 1.82) is 0 Å². The third-order valence-corrected chi connectivity index (χ3v) is 3.77. The molecule has 2 N–H and O–H groups in total. The summed E-state index contributed by atoms with van der Waals surface area (Å²) < 4.78 is 0. The lowest BCUT2D eigenvalue weighted by Crippen LogP contribution is -2.33. The standard InChI is InChI=1S/C18H18N4O4/c1-11-7-8-15(9-12(11)2)19-17(23)18(24)21-20-13(3)14-5-4-6-16(10-14)22(25)26/h4-10H,1-3H3,(H,19,23)(H,21,24). The van der Waals surface area contributed by atoms with Gasteiger partial charge in [-0.1, -0.05) is 18.2 Å². The minimum absolute atomic E-state index is 0.0872. The van der Waals surface area contributed by atoms with Crippen LogP contribution in [0.4, 0.5) is 11.4 Å². The fourth-order valence-electron chi connectivity index (χ4n) is 2.10. The van der Waals surface area contributed by atoms with E-state index in [4.69, 9.17) is 0 Å². The van der Waals surface area contributed by atoms with Crippen LogP contribution in [-0.4, -0.2) is 22.4 Å². The first-order valence-corrected chi connectivity index (χ1v) is 7.75. The highest BCUT2D eigenvalue weighted by molar-refractivity contribution is 6.39. The van der Waals surface area contributed by atoms with Crippen molar-refractivity contribution in [3.05, 3.63) is 69.3 Å². The monoisotopic (exact) mass is 354 g/mol. The molecule has 0 aromatic heterocycles. The molecule has 0 heterocycles. The van der Waals surface area contributed by atoms with Crippen LogP contribution in [0.5, 0.6) is 0 Å². The Morgan fingerprint density at radius 3 is 2.42 bits per heavy atom. The highest BCUT2D eigenvalue weighted by Crippen LogP contribution is 2.14. The second-order valence-corrected chi connectivity index (χ2v) is 5.70. The van der Waals surface area contributed by atoms with Gasteiger partial charge in [-0.25, -0.2) is 5.43 Å². The Morgan fingerprint density at radius 2 is 1.77 bits per heavy atom. The number of nitrogens with one attached hydrogen (secondary N) is 2. The van der Waals surface area contributed by atoms with Gasteiger partial charge in [0.15, 0.2) is 0 Å². The van der Waals surface area contributed by atoms with Gasteiger partial charge in [-0.15, -0.1) is 0 Å². The summed E-state index contributed by atoms with van der Waals surface area (Å²) in [5, 5.41) is 17.1. The van der Waals surface area contributed by atoms with Crippen LogP contribution in [0.3, 0.4) is 0 Å². The van der Waals surface area contributed by atoms with Gasteiger partial charge in [0.1, 0.15) is 0 Å². The van der Waals surface area contributed by atoms with E-state index >= 15 is 0 Å². The normalized spacial score (nSPS) is 11.0. The van der Waals surface area contributed by atoms with E-state index in [1.165, 1.54) is 18.2 Å². The number of rotatable bonds is 4. The molecule has 0 radical (unpaired) electrons. The van der Waals surface area contributed by atoms with Crippen LogP contribution in [0.1, 0.15) is 23.6 Å². The summed E-state index contributed by atoms with van der Waals surface area (Å²) >= 11 is 0. The Bertz CT molecular complexity index is 906. The summed E-state index contributed by atoms with van der Waals surface area (Å²) in [7, 11) is 0. The number of amides is 2. The molecule has 8 heteroatoms. The molecule has 0 aliphatic heterocycles. The van der Waals surface area contributed by atoms with Crippen molar-refractivity contribution in [3.8, 4) is 0 Å². The van der Waals surface area contributed by atoms with Gasteiger partial charge in [-0.05, 0) is 44.0 Å². The Morgan fingerprint density at radius 1 is 1.04 bits per heavy atom. The van der Waals surface area contributed by atoms with E-state index in [9.17, 15) is 19.7 Å². The van der Waals surface area contributed by atoms with Crippen LogP contribution in [0.15, 0.2) is 47.6 Å². The number of nitro benzene ring substituents is 1. The maximum atomic E-state index is 11.9. The van der Waals surface area contributed by atoms with Crippen molar-refractivity contribution >= 4 is 28.9 Å². The molecule has 0 bridgehead atoms. The molecule has 0 fully saturated rings. The molecule has 0 aliphatic rings. The van der Waals surface area contributed by atoms with Crippen molar-refractivity contribution in [2.24, 2.45) is 5.10 Å². The Labute approximate surface area is 150 Å². The first-order chi connectivity index (χ1) is 12.3. The highest BCUT2D eigenvalue weighted by atomic mass is 16.6. The molecule has 2 aromatic carbocycles. The zero-order valence-electron chi connectivity index (χ0n) is 14.6. The topological polar surface area (TPSA) is 114 Å².